The number of nitrogens with one attached hydrogen (secondary N) is 1. The van der Waals surface area contributed by atoms with E-state index in [2.05, 4.69) is 5.32 Å². The lowest BCUT2D eigenvalue weighted by Gasteiger charge is -2.19. The summed E-state index contributed by atoms with van der Waals surface area (Å²) in [5.41, 5.74) is 7.09. The van der Waals surface area contributed by atoms with Gasteiger partial charge in [-0.2, -0.15) is 0 Å². The smallest absolute Gasteiger partial charge is 0.224 e. The molecule has 0 spiro atoms. The van der Waals surface area contributed by atoms with Crippen molar-refractivity contribution in [1.29, 1.82) is 0 Å². The van der Waals surface area contributed by atoms with Crippen LogP contribution in [0.4, 0.5) is 4.39 Å². The lowest BCUT2D eigenvalue weighted by molar-refractivity contribution is -0.125. The maximum Gasteiger partial charge on any atom is 0.224 e. The Hall–Kier alpha value is -2.40. The average molecular weight is 330 g/mol. The molecule has 0 aliphatic carbocycles. The number of benzene rings is 2. The van der Waals surface area contributed by atoms with Crippen molar-refractivity contribution in [3.8, 4) is 5.75 Å². The summed E-state index contributed by atoms with van der Waals surface area (Å²) in [7, 11) is 0. The molecule has 0 saturated carbocycles. The topological polar surface area (TPSA) is 64.3 Å². The summed E-state index contributed by atoms with van der Waals surface area (Å²) in [4.78, 5) is 12.2. The summed E-state index contributed by atoms with van der Waals surface area (Å²) >= 11 is 0. The van der Waals surface area contributed by atoms with E-state index < -0.39 is 0 Å². The molecule has 2 aromatic rings. The zero-order valence-corrected chi connectivity index (χ0v) is 13.7. The predicted molar refractivity (Wildman–Crippen MR) is 92.1 cm³/mol. The van der Waals surface area contributed by atoms with Crippen molar-refractivity contribution < 1.29 is 13.9 Å². The van der Waals surface area contributed by atoms with E-state index in [0.29, 0.717) is 25.3 Å². The third kappa shape index (κ3) is 5.35. The number of halogens is 1. The van der Waals surface area contributed by atoms with Crippen LogP contribution < -0.4 is 15.8 Å². The van der Waals surface area contributed by atoms with E-state index >= 15 is 0 Å². The maximum absolute atomic E-state index is 12.8. The molecule has 24 heavy (non-hydrogen) atoms. The van der Waals surface area contributed by atoms with E-state index in [-0.39, 0.29) is 23.7 Å². The summed E-state index contributed by atoms with van der Waals surface area (Å²) in [5.74, 6) is -0.0703. The van der Waals surface area contributed by atoms with Crippen LogP contribution in [0, 0.1) is 11.7 Å². The normalized spacial score (nSPS) is 13.1. The molecule has 0 bridgehead atoms. The second-order valence-corrected chi connectivity index (χ2v) is 5.67. The Morgan fingerprint density at radius 1 is 1.17 bits per heavy atom. The van der Waals surface area contributed by atoms with Gasteiger partial charge in [0.05, 0.1) is 12.5 Å². The van der Waals surface area contributed by atoms with Crippen molar-refractivity contribution in [2.24, 2.45) is 11.7 Å². The van der Waals surface area contributed by atoms with Crippen LogP contribution in [0.25, 0.3) is 0 Å². The van der Waals surface area contributed by atoms with Gasteiger partial charge in [-0.1, -0.05) is 37.3 Å². The van der Waals surface area contributed by atoms with Crippen LogP contribution in [0.1, 0.15) is 24.9 Å². The summed E-state index contributed by atoms with van der Waals surface area (Å²) in [5, 5.41) is 2.87. The number of nitrogens with two attached hydrogens (primary N) is 1. The van der Waals surface area contributed by atoms with E-state index in [1.807, 2.05) is 37.3 Å². The Morgan fingerprint density at radius 2 is 1.83 bits per heavy atom. The fourth-order valence-electron chi connectivity index (χ4n) is 2.29. The Morgan fingerprint density at radius 3 is 2.50 bits per heavy atom. The molecule has 0 aliphatic heterocycles. The van der Waals surface area contributed by atoms with Crippen LogP contribution in [0.2, 0.25) is 0 Å². The molecule has 5 heteroatoms. The third-order valence-electron chi connectivity index (χ3n) is 3.84. The molecule has 2 unspecified atom stereocenters. The Labute approximate surface area is 141 Å². The largest absolute Gasteiger partial charge is 0.494 e. The van der Waals surface area contributed by atoms with E-state index in [4.69, 9.17) is 10.5 Å². The van der Waals surface area contributed by atoms with Crippen molar-refractivity contribution in [1.82, 2.24) is 5.32 Å². The van der Waals surface area contributed by atoms with Gasteiger partial charge in [-0.3, -0.25) is 4.79 Å². The molecule has 2 rings (SSSR count). The first-order valence-electron chi connectivity index (χ1n) is 8.04. The van der Waals surface area contributed by atoms with E-state index in [1.54, 1.807) is 12.1 Å². The first-order valence-corrected chi connectivity index (χ1v) is 8.04. The second kappa shape index (κ2) is 9.03. The van der Waals surface area contributed by atoms with Gasteiger partial charge in [0.2, 0.25) is 5.91 Å². The quantitative estimate of drug-likeness (QED) is 0.731. The standard InChI is InChI=1S/C19H23FN2O2/c1-14(18(21)15-6-3-2-4-7-15)19(23)22-12-5-13-24-17-10-8-16(20)9-11-17/h2-4,6-11,14,18H,5,12-13,21H2,1H3,(H,22,23). The number of hydrogen-bond donors (Lipinski definition) is 2. The molecule has 2 aromatic carbocycles. The molecule has 1 amide bonds. The van der Waals surface area contributed by atoms with E-state index in [1.165, 1.54) is 12.1 Å². The fourth-order valence-corrected chi connectivity index (χ4v) is 2.29. The summed E-state index contributed by atoms with van der Waals surface area (Å²) in [6.07, 6.45) is 0.663. The molecule has 0 aromatic heterocycles. The van der Waals surface area contributed by atoms with Crippen molar-refractivity contribution in [2.45, 2.75) is 19.4 Å². The highest BCUT2D eigenvalue weighted by molar-refractivity contribution is 5.79. The molecule has 0 aliphatic rings. The number of carbonyl (C=O) groups is 1. The first kappa shape index (κ1) is 17.9. The van der Waals surface area contributed by atoms with Crippen LogP contribution in [0.3, 0.4) is 0 Å². The predicted octanol–water partition coefficient (Wildman–Crippen LogP) is 3.05. The van der Waals surface area contributed by atoms with Gasteiger partial charge in [-0.25, -0.2) is 4.39 Å². The minimum atomic E-state index is -0.332. The Kier molecular flexibility index (Phi) is 6.75. The summed E-state index contributed by atoms with van der Waals surface area (Å²) in [6.45, 7) is 2.78. The van der Waals surface area contributed by atoms with Crippen LogP contribution in [-0.4, -0.2) is 19.1 Å². The Bertz CT molecular complexity index is 632. The van der Waals surface area contributed by atoms with Gasteiger partial charge in [0, 0.05) is 12.6 Å². The zero-order valence-electron chi connectivity index (χ0n) is 13.7. The van der Waals surface area contributed by atoms with Crippen LogP contribution >= 0.6 is 0 Å². The molecule has 0 fully saturated rings. The molecule has 0 radical (unpaired) electrons. The van der Waals surface area contributed by atoms with Crippen molar-refractivity contribution in [2.75, 3.05) is 13.2 Å². The molecule has 128 valence electrons. The highest BCUT2D eigenvalue weighted by atomic mass is 19.1. The summed E-state index contributed by atoms with van der Waals surface area (Å²) in [6, 6.07) is 15.1. The number of ether oxygens (including phenoxy) is 1. The number of hydrogen-bond acceptors (Lipinski definition) is 3. The Balaban J connectivity index is 1.68. The average Bonchev–Trinajstić information content (AvgIpc) is 2.62. The first-order chi connectivity index (χ1) is 11.6. The molecule has 0 saturated heterocycles. The zero-order chi connectivity index (χ0) is 17.4. The van der Waals surface area contributed by atoms with E-state index in [0.717, 1.165) is 5.56 Å². The lowest BCUT2D eigenvalue weighted by Crippen LogP contribution is -2.36. The third-order valence-corrected chi connectivity index (χ3v) is 3.84. The van der Waals surface area contributed by atoms with Crippen LogP contribution in [-0.2, 0) is 4.79 Å². The lowest BCUT2D eigenvalue weighted by atomic mass is 9.95. The van der Waals surface area contributed by atoms with Gasteiger partial charge >= 0.3 is 0 Å². The highest BCUT2D eigenvalue weighted by Gasteiger charge is 2.21. The number of amides is 1. The highest BCUT2D eigenvalue weighted by Crippen LogP contribution is 2.19. The SMILES string of the molecule is CC(C(=O)NCCCOc1ccc(F)cc1)C(N)c1ccccc1. The molecule has 4 nitrogen and oxygen atoms in total. The maximum atomic E-state index is 12.8. The van der Waals surface area contributed by atoms with Gasteiger partial charge in [0.15, 0.2) is 0 Å². The van der Waals surface area contributed by atoms with Gasteiger partial charge < -0.3 is 15.8 Å². The van der Waals surface area contributed by atoms with Gasteiger partial charge in [0.25, 0.3) is 0 Å². The van der Waals surface area contributed by atoms with Gasteiger partial charge in [-0.05, 0) is 36.2 Å². The molecule has 3 N–H and O–H groups in total. The van der Waals surface area contributed by atoms with Gasteiger partial charge in [0.1, 0.15) is 11.6 Å². The van der Waals surface area contributed by atoms with Crippen molar-refractivity contribution in [3.05, 3.63) is 66.0 Å². The summed E-state index contributed by atoms with van der Waals surface area (Å²) < 4.78 is 18.2. The van der Waals surface area contributed by atoms with Crippen molar-refractivity contribution in [3.63, 3.8) is 0 Å². The number of rotatable bonds is 8. The van der Waals surface area contributed by atoms with Crippen LogP contribution in [0.15, 0.2) is 54.6 Å². The minimum Gasteiger partial charge on any atom is -0.494 e. The number of carbonyl (C=O) groups excluding carboxylic acids is 1. The van der Waals surface area contributed by atoms with E-state index in [9.17, 15) is 9.18 Å². The van der Waals surface area contributed by atoms with Crippen molar-refractivity contribution >= 4 is 5.91 Å². The molecule has 2 atom stereocenters. The second-order valence-electron chi connectivity index (χ2n) is 5.67. The monoisotopic (exact) mass is 330 g/mol. The molecular weight excluding hydrogens is 307 g/mol. The van der Waals surface area contributed by atoms with Gasteiger partial charge in [-0.15, -0.1) is 0 Å². The minimum absolute atomic E-state index is 0.0758. The van der Waals surface area contributed by atoms with Crippen LogP contribution in [0.5, 0.6) is 5.75 Å². The molecular formula is C19H23FN2O2. The molecule has 0 heterocycles. The fraction of sp³-hybridized carbons (Fsp3) is 0.316.